The molecule has 1 amide bonds. The standard InChI is InChI=1S/C22H24N6O5S/c1-16(2)17-3-6-19(7-4-17)34(32,33)26-11-9-25(10-12-26)22(29)18-5-8-20(21(13-18)28(30)31)27-15-23-14-24-27/h3-8,13-16H,9-12H2,1-2H3. The van der Waals surface area contributed by atoms with Gasteiger partial charge in [0.05, 0.1) is 9.82 Å². The Hall–Kier alpha value is -3.64. The van der Waals surface area contributed by atoms with Gasteiger partial charge in [-0.1, -0.05) is 26.0 Å². The summed E-state index contributed by atoms with van der Waals surface area (Å²) in [5.74, 6) is -0.0982. The van der Waals surface area contributed by atoms with Crippen molar-refractivity contribution in [1.82, 2.24) is 24.0 Å². The zero-order chi connectivity index (χ0) is 24.5. The number of amides is 1. The molecule has 0 unspecified atom stereocenters. The Kier molecular flexibility index (Phi) is 6.44. The van der Waals surface area contributed by atoms with Gasteiger partial charge in [-0.15, -0.1) is 0 Å². The summed E-state index contributed by atoms with van der Waals surface area (Å²) in [6.07, 6.45) is 2.59. The van der Waals surface area contributed by atoms with Crippen LogP contribution < -0.4 is 0 Å². The highest BCUT2D eigenvalue weighted by Crippen LogP contribution is 2.25. The maximum Gasteiger partial charge on any atom is 0.295 e. The first kappa shape index (κ1) is 23.5. The number of nitro benzene ring substituents is 1. The van der Waals surface area contributed by atoms with E-state index >= 15 is 0 Å². The van der Waals surface area contributed by atoms with Gasteiger partial charge in [0, 0.05) is 37.8 Å². The van der Waals surface area contributed by atoms with E-state index in [0.717, 1.165) is 5.56 Å². The minimum absolute atomic E-state index is 0.138. The number of nitrogens with zero attached hydrogens (tertiary/aromatic N) is 6. The molecule has 1 aliphatic heterocycles. The van der Waals surface area contributed by atoms with Crippen molar-refractivity contribution < 1.29 is 18.1 Å². The van der Waals surface area contributed by atoms with E-state index in [1.807, 2.05) is 26.0 Å². The SMILES string of the molecule is CC(C)c1ccc(S(=O)(=O)N2CCN(C(=O)c3ccc(-n4cncn4)c([N+](=O)[O-])c3)CC2)cc1. The van der Waals surface area contributed by atoms with Crippen LogP contribution in [-0.2, 0) is 10.0 Å². The number of piperazine rings is 1. The predicted molar refractivity (Wildman–Crippen MR) is 123 cm³/mol. The van der Waals surface area contributed by atoms with E-state index in [0.29, 0.717) is 5.92 Å². The van der Waals surface area contributed by atoms with Gasteiger partial charge in [0.15, 0.2) is 0 Å². The van der Waals surface area contributed by atoms with Crippen LogP contribution in [-0.4, -0.2) is 69.4 Å². The fraction of sp³-hybridized carbons (Fsp3) is 0.318. The van der Waals surface area contributed by atoms with Crippen LogP contribution in [0.2, 0.25) is 0 Å². The van der Waals surface area contributed by atoms with Crippen LogP contribution in [0.5, 0.6) is 0 Å². The van der Waals surface area contributed by atoms with Crippen molar-refractivity contribution in [1.29, 1.82) is 0 Å². The summed E-state index contributed by atoms with van der Waals surface area (Å²) in [5.41, 5.74) is 1.12. The van der Waals surface area contributed by atoms with E-state index in [2.05, 4.69) is 10.1 Å². The fourth-order valence-electron chi connectivity index (χ4n) is 3.82. The third-order valence-electron chi connectivity index (χ3n) is 5.80. The van der Waals surface area contributed by atoms with E-state index in [4.69, 9.17) is 0 Å². The van der Waals surface area contributed by atoms with Crippen molar-refractivity contribution in [3.05, 3.63) is 76.4 Å². The molecule has 0 saturated carbocycles. The maximum atomic E-state index is 13.0. The average molecular weight is 485 g/mol. The van der Waals surface area contributed by atoms with Gasteiger partial charge < -0.3 is 4.90 Å². The van der Waals surface area contributed by atoms with Crippen molar-refractivity contribution in [3.63, 3.8) is 0 Å². The van der Waals surface area contributed by atoms with Crippen molar-refractivity contribution in [2.45, 2.75) is 24.7 Å². The Labute approximate surface area is 196 Å². The Morgan fingerprint density at radius 1 is 1.06 bits per heavy atom. The fourth-order valence-corrected chi connectivity index (χ4v) is 5.24. The zero-order valence-electron chi connectivity index (χ0n) is 18.7. The molecule has 0 radical (unpaired) electrons. The first-order valence-corrected chi connectivity index (χ1v) is 12.2. The first-order valence-electron chi connectivity index (χ1n) is 10.7. The normalized spacial score (nSPS) is 15.0. The van der Waals surface area contributed by atoms with Gasteiger partial charge in [-0.2, -0.15) is 9.40 Å². The molecule has 11 nitrogen and oxygen atoms in total. The second kappa shape index (κ2) is 9.31. The topological polar surface area (TPSA) is 132 Å². The van der Waals surface area contributed by atoms with Crippen LogP contribution in [0.4, 0.5) is 5.69 Å². The molecule has 0 atom stereocenters. The quantitative estimate of drug-likeness (QED) is 0.388. The second-order valence-electron chi connectivity index (χ2n) is 8.22. The second-order valence-corrected chi connectivity index (χ2v) is 10.2. The lowest BCUT2D eigenvalue weighted by Crippen LogP contribution is -2.50. The molecule has 4 rings (SSSR count). The van der Waals surface area contributed by atoms with Crippen molar-refractivity contribution >= 4 is 21.6 Å². The average Bonchev–Trinajstić information content (AvgIpc) is 3.38. The summed E-state index contributed by atoms with van der Waals surface area (Å²) in [7, 11) is -3.68. The number of carbonyl (C=O) groups is 1. The van der Waals surface area contributed by atoms with Crippen molar-refractivity contribution in [2.75, 3.05) is 26.2 Å². The minimum Gasteiger partial charge on any atom is -0.336 e. The summed E-state index contributed by atoms with van der Waals surface area (Å²) in [6, 6.07) is 11.0. The molecule has 0 spiro atoms. The van der Waals surface area contributed by atoms with E-state index in [-0.39, 0.29) is 48.0 Å². The lowest BCUT2D eigenvalue weighted by atomic mass is 10.0. The molecule has 12 heteroatoms. The van der Waals surface area contributed by atoms with E-state index in [1.54, 1.807) is 12.1 Å². The number of carbonyl (C=O) groups excluding carboxylic acids is 1. The number of nitro groups is 1. The lowest BCUT2D eigenvalue weighted by Gasteiger charge is -2.34. The summed E-state index contributed by atoms with van der Waals surface area (Å²) in [4.78, 5) is 29.5. The van der Waals surface area contributed by atoms with Gasteiger partial charge in [0.2, 0.25) is 10.0 Å². The number of hydrogen-bond donors (Lipinski definition) is 0. The summed E-state index contributed by atoms with van der Waals surface area (Å²) >= 11 is 0. The molecule has 1 aromatic heterocycles. The Morgan fingerprint density at radius 2 is 1.74 bits per heavy atom. The highest BCUT2D eigenvalue weighted by molar-refractivity contribution is 7.89. The summed E-state index contributed by atoms with van der Waals surface area (Å²) in [5, 5.41) is 15.5. The molecule has 1 aliphatic rings. The number of hydrogen-bond acceptors (Lipinski definition) is 7. The van der Waals surface area contributed by atoms with Crippen LogP contribution in [0.3, 0.4) is 0 Å². The molecule has 1 fully saturated rings. The molecule has 2 heterocycles. The molecule has 34 heavy (non-hydrogen) atoms. The van der Waals surface area contributed by atoms with Crippen molar-refractivity contribution in [3.8, 4) is 5.69 Å². The van der Waals surface area contributed by atoms with Gasteiger partial charge in [0.25, 0.3) is 11.6 Å². The molecular weight excluding hydrogens is 460 g/mol. The van der Waals surface area contributed by atoms with Gasteiger partial charge in [-0.3, -0.25) is 14.9 Å². The molecule has 3 aromatic rings. The monoisotopic (exact) mass is 484 g/mol. The lowest BCUT2D eigenvalue weighted by molar-refractivity contribution is -0.384. The zero-order valence-corrected chi connectivity index (χ0v) is 19.6. The van der Waals surface area contributed by atoms with Crippen LogP contribution in [0.15, 0.2) is 60.0 Å². The van der Waals surface area contributed by atoms with Gasteiger partial charge >= 0.3 is 0 Å². The molecular formula is C22H24N6O5S. The number of benzene rings is 2. The Bertz CT molecular complexity index is 1300. The maximum absolute atomic E-state index is 13.0. The van der Waals surface area contributed by atoms with Crippen LogP contribution in [0.1, 0.15) is 35.7 Å². The minimum atomic E-state index is -3.68. The third kappa shape index (κ3) is 4.54. The molecule has 2 aromatic carbocycles. The van der Waals surface area contributed by atoms with E-state index in [1.165, 1.54) is 44.7 Å². The van der Waals surface area contributed by atoms with E-state index < -0.39 is 20.9 Å². The highest BCUT2D eigenvalue weighted by atomic mass is 32.2. The highest BCUT2D eigenvalue weighted by Gasteiger charge is 2.31. The molecule has 0 bridgehead atoms. The molecule has 0 N–H and O–H groups in total. The number of sulfonamides is 1. The van der Waals surface area contributed by atoms with Crippen LogP contribution in [0.25, 0.3) is 5.69 Å². The van der Waals surface area contributed by atoms with Gasteiger partial charge in [0.1, 0.15) is 18.3 Å². The predicted octanol–water partition coefficient (Wildman–Crippen LogP) is 2.45. The molecule has 1 saturated heterocycles. The van der Waals surface area contributed by atoms with Crippen LogP contribution in [0, 0.1) is 10.1 Å². The first-order chi connectivity index (χ1) is 16.2. The summed E-state index contributed by atoms with van der Waals surface area (Å²) in [6.45, 7) is 4.72. The summed E-state index contributed by atoms with van der Waals surface area (Å²) < 4.78 is 28.6. The van der Waals surface area contributed by atoms with E-state index in [9.17, 15) is 23.3 Å². The Morgan fingerprint density at radius 3 is 2.29 bits per heavy atom. The Balaban J connectivity index is 1.47. The third-order valence-corrected chi connectivity index (χ3v) is 7.71. The largest absolute Gasteiger partial charge is 0.336 e. The number of rotatable bonds is 6. The number of aromatic nitrogens is 3. The van der Waals surface area contributed by atoms with Gasteiger partial charge in [-0.25, -0.2) is 18.1 Å². The van der Waals surface area contributed by atoms with Crippen LogP contribution >= 0.6 is 0 Å². The molecule has 0 aliphatic carbocycles. The van der Waals surface area contributed by atoms with Gasteiger partial charge in [-0.05, 0) is 35.7 Å². The smallest absolute Gasteiger partial charge is 0.295 e. The molecule has 178 valence electrons. The van der Waals surface area contributed by atoms with Crippen molar-refractivity contribution in [2.24, 2.45) is 0 Å².